The number of carbonyl (C=O) groups excluding carboxylic acids is 1. The van der Waals surface area contributed by atoms with Crippen LogP contribution < -0.4 is 5.73 Å². The van der Waals surface area contributed by atoms with Crippen molar-refractivity contribution in [1.29, 1.82) is 0 Å². The van der Waals surface area contributed by atoms with Crippen molar-refractivity contribution in [2.45, 2.75) is 45.1 Å². The summed E-state index contributed by atoms with van der Waals surface area (Å²) in [6.07, 6.45) is 4.20. The molecule has 5 heteroatoms. The van der Waals surface area contributed by atoms with E-state index in [1.807, 2.05) is 4.90 Å². The van der Waals surface area contributed by atoms with E-state index in [4.69, 9.17) is 10.5 Å². The molecule has 0 radical (unpaired) electrons. The van der Waals surface area contributed by atoms with Gasteiger partial charge in [0.15, 0.2) is 0 Å². The lowest BCUT2D eigenvalue weighted by Crippen LogP contribution is -2.57. The van der Waals surface area contributed by atoms with Crippen molar-refractivity contribution in [1.82, 2.24) is 4.90 Å². The second kappa shape index (κ2) is 5.49. The average Bonchev–Trinajstić information content (AvgIpc) is 2.59. The van der Waals surface area contributed by atoms with Crippen LogP contribution in [0.2, 0.25) is 0 Å². The Morgan fingerprint density at radius 1 is 1.58 bits per heavy atom. The van der Waals surface area contributed by atoms with Gasteiger partial charge >= 0.3 is 6.03 Å². The van der Waals surface area contributed by atoms with Crippen molar-refractivity contribution in [3.8, 4) is 0 Å². The van der Waals surface area contributed by atoms with Gasteiger partial charge in [-0.2, -0.15) is 4.99 Å². The van der Waals surface area contributed by atoms with E-state index in [9.17, 15) is 4.79 Å². The molecule has 2 rings (SSSR count). The molecule has 108 valence electrons. The summed E-state index contributed by atoms with van der Waals surface area (Å²) in [5.74, 6) is 1.74. The molecule has 1 saturated carbocycles. The largest absolute Gasteiger partial charge is 0.385 e. The Kier molecular flexibility index (Phi) is 4.13. The predicted molar refractivity (Wildman–Crippen MR) is 75.1 cm³/mol. The van der Waals surface area contributed by atoms with Crippen molar-refractivity contribution >= 4 is 11.9 Å². The molecule has 1 aliphatic carbocycles. The third kappa shape index (κ3) is 2.48. The van der Waals surface area contributed by atoms with Gasteiger partial charge in [-0.15, -0.1) is 0 Å². The van der Waals surface area contributed by atoms with Crippen LogP contribution in [0, 0.1) is 11.8 Å². The van der Waals surface area contributed by atoms with E-state index >= 15 is 0 Å². The molecule has 1 heterocycles. The highest BCUT2D eigenvalue weighted by Crippen LogP contribution is 2.42. The van der Waals surface area contributed by atoms with Gasteiger partial charge in [-0.1, -0.05) is 26.7 Å². The Bertz CT molecular complexity index is 381. The van der Waals surface area contributed by atoms with Gasteiger partial charge in [0.1, 0.15) is 11.4 Å². The van der Waals surface area contributed by atoms with Crippen LogP contribution in [0.15, 0.2) is 4.99 Å². The van der Waals surface area contributed by atoms with E-state index in [2.05, 4.69) is 18.8 Å². The topological polar surface area (TPSA) is 67.9 Å². The fourth-order valence-electron chi connectivity index (χ4n) is 3.42. The molecule has 2 atom stereocenters. The molecule has 1 aliphatic heterocycles. The van der Waals surface area contributed by atoms with E-state index in [0.29, 0.717) is 30.8 Å². The molecular formula is C14H25N3O2. The second-order valence-electron chi connectivity index (χ2n) is 6.06. The Balaban J connectivity index is 2.22. The fraction of sp³-hybridized carbons (Fsp3) is 0.857. The van der Waals surface area contributed by atoms with Crippen LogP contribution >= 0.6 is 0 Å². The fourth-order valence-corrected chi connectivity index (χ4v) is 3.42. The molecule has 1 spiro atoms. The first-order valence-corrected chi connectivity index (χ1v) is 7.16. The van der Waals surface area contributed by atoms with Crippen LogP contribution in [0.3, 0.4) is 0 Å². The Labute approximate surface area is 115 Å². The van der Waals surface area contributed by atoms with Crippen molar-refractivity contribution in [3.63, 3.8) is 0 Å². The lowest BCUT2D eigenvalue weighted by molar-refractivity contribution is 0.0807. The summed E-state index contributed by atoms with van der Waals surface area (Å²) in [7, 11) is 1.65. The molecule has 1 fully saturated rings. The summed E-state index contributed by atoms with van der Waals surface area (Å²) in [6, 6.07) is -0.195. The van der Waals surface area contributed by atoms with Crippen molar-refractivity contribution in [2.24, 2.45) is 22.6 Å². The zero-order valence-electron chi connectivity index (χ0n) is 12.2. The molecular weight excluding hydrogens is 242 g/mol. The number of aliphatic imine (C=N–C) groups is 1. The highest BCUT2D eigenvalue weighted by Gasteiger charge is 2.50. The molecule has 0 bridgehead atoms. The molecule has 2 amide bonds. The van der Waals surface area contributed by atoms with Gasteiger partial charge < -0.3 is 15.4 Å². The molecule has 2 unspecified atom stereocenters. The number of carbonyl (C=O) groups is 1. The summed E-state index contributed by atoms with van der Waals surface area (Å²) < 4.78 is 5.11. The molecule has 5 nitrogen and oxygen atoms in total. The van der Waals surface area contributed by atoms with Crippen LogP contribution in [-0.4, -0.2) is 42.6 Å². The van der Waals surface area contributed by atoms with Gasteiger partial charge in [-0.25, -0.2) is 4.79 Å². The minimum Gasteiger partial charge on any atom is -0.385 e. The summed E-state index contributed by atoms with van der Waals surface area (Å²) in [6.45, 7) is 5.59. The number of rotatable bonds is 4. The first kappa shape index (κ1) is 14.3. The molecule has 0 aromatic carbocycles. The predicted octanol–water partition coefficient (Wildman–Crippen LogP) is 2.01. The van der Waals surface area contributed by atoms with Gasteiger partial charge in [0.2, 0.25) is 0 Å². The van der Waals surface area contributed by atoms with E-state index in [1.165, 1.54) is 6.42 Å². The maximum atomic E-state index is 12.0. The van der Waals surface area contributed by atoms with E-state index in [-0.39, 0.29) is 11.6 Å². The van der Waals surface area contributed by atoms with E-state index < -0.39 is 0 Å². The number of nitrogens with zero attached hydrogens (tertiary/aromatic N) is 2. The van der Waals surface area contributed by atoms with Gasteiger partial charge in [-0.05, 0) is 24.7 Å². The molecule has 19 heavy (non-hydrogen) atoms. The maximum Gasteiger partial charge on any atom is 0.346 e. The number of nitrogens with two attached hydrogens (primary N) is 1. The first-order chi connectivity index (χ1) is 9.01. The summed E-state index contributed by atoms with van der Waals surface area (Å²) in [5.41, 5.74) is 5.76. The summed E-state index contributed by atoms with van der Waals surface area (Å²) in [5, 5.41) is 0. The maximum absolute atomic E-state index is 12.0. The molecule has 0 aromatic rings. The van der Waals surface area contributed by atoms with Crippen molar-refractivity contribution in [2.75, 3.05) is 20.3 Å². The smallest absolute Gasteiger partial charge is 0.346 e. The molecule has 2 N–H and O–H groups in total. The van der Waals surface area contributed by atoms with Gasteiger partial charge in [0.25, 0.3) is 0 Å². The standard InChI is InChI=1S/C14H25N3O2/c1-10(2)11-5-4-6-14(9-11)12(15)16-13(18)17(14)7-8-19-3/h10-11H,4-9H2,1-3H3,(H2,15,16,18). The van der Waals surface area contributed by atoms with Crippen LogP contribution in [0.4, 0.5) is 4.79 Å². The molecule has 0 saturated heterocycles. The monoisotopic (exact) mass is 267 g/mol. The lowest BCUT2D eigenvalue weighted by atomic mass is 9.70. The number of hydrogen-bond acceptors (Lipinski definition) is 3. The normalized spacial score (nSPS) is 31.4. The summed E-state index contributed by atoms with van der Waals surface area (Å²) >= 11 is 0. The quantitative estimate of drug-likeness (QED) is 0.847. The number of urea groups is 1. The summed E-state index contributed by atoms with van der Waals surface area (Å²) in [4.78, 5) is 17.9. The minimum atomic E-state index is -0.344. The first-order valence-electron chi connectivity index (χ1n) is 7.16. The van der Waals surface area contributed by atoms with Crippen molar-refractivity contribution < 1.29 is 9.53 Å². The Morgan fingerprint density at radius 2 is 2.32 bits per heavy atom. The number of ether oxygens (including phenoxy) is 1. The number of hydrogen-bond donors (Lipinski definition) is 1. The second-order valence-corrected chi connectivity index (χ2v) is 6.06. The number of amides is 2. The zero-order chi connectivity index (χ0) is 14.0. The minimum absolute atomic E-state index is 0.195. The number of amidine groups is 1. The number of methoxy groups -OCH3 is 1. The third-order valence-corrected chi connectivity index (χ3v) is 4.67. The van der Waals surface area contributed by atoms with Crippen LogP contribution in [0.25, 0.3) is 0 Å². The van der Waals surface area contributed by atoms with Crippen LogP contribution in [0.5, 0.6) is 0 Å². The van der Waals surface area contributed by atoms with E-state index in [1.54, 1.807) is 7.11 Å². The Hall–Kier alpha value is -1.10. The van der Waals surface area contributed by atoms with Gasteiger partial charge in [-0.3, -0.25) is 0 Å². The molecule has 0 aromatic heterocycles. The van der Waals surface area contributed by atoms with Gasteiger partial charge in [0, 0.05) is 13.7 Å². The average molecular weight is 267 g/mol. The molecule has 2 aliphatic rings. The Morgan fingerprint density at radius 3 is 2.95 bits per heavy atom. The highest BCUT2D eigenvalue weighted by atomic mass is 16.5. The highest BCUT2D eigenvalue weighted by molar-refractivity contribution is 6.05. The SMILES string of the molecule is COCCN1C(=O)N=C(N)C12CCCC(C(C)C)C2. The lowest BCUT2D eigenvalue weighted by Gasteiger charge is -2.44. The van der Waals surface area contributed by atoms with E-state index in [0.717, 1.165) is 19.3 Å². The third-order valence-electron chi connectivity index (χ3n) is 4.67. The van der Waals surface area contributed by atoms with Crippen LogP contribution in [-0.2, 0) is 4.74 Å². The van der Waals surface area contributed by atoms with Crippen molar-refractivity contribution in [3.05, 3.63) is 0 Å². The van der Waals surface area contributed by atoms with Crippen LogP contribution in [0.1, 0.15) is 39.5 Å². The van der Waals surface area contributed by atoms with Gasteiger partial charge in [0.05, 0.1) is 6.61 Å². The zero-order valence-corrected chi connectivity index (χ0v) is 12.2.